The van der Waals surface area contributed by atoms with E-state index in [4.69, 9.17) is 10.5 Å². The van der Waals surface area contributed by atoms with Crippen molar-refractivity contribution in [1.29, 1.82) is 0 Å². The van der Waals surface area contributed by atoms with Gasteiger partial charge in [-0.2, -0.15) is 0 Å². The number of carbonyl (C=O) groups is 3. The van der Waals surface area contributed by atoms with E-state index < -0.39 is 5.91 Å². The maximum Gasteiger partial charge on any atom is 0.333 e. The van der Waals surface area contributed by atoms with E-state index in [0.717, 1.165) is 0 Å². The van der Waals surface area contributed by atoms with Crippen LogP contribution in [-0.2, 0) is 4.79 Å². The highest BCUT2D eigenvalue weighted by molar-refractivity contribution is 7.21. The molecule has 0 bridgehead atoms. The van der Waals surface area contributed by atoms with Crippen LogP contribution in [0, 0.1) is 0 Å². The van der Waals surface area contributed by atoms with Gasteiger partial charge in [0.25, 0.3) is 5.91 Å². The molecule has 6 rings (SSSR count). The van der Waals surface area contributed by atoms with E-state index in [2.05, 4.69) is 21.9 Å². The molecule has 10 nitrogen and oxygen atoms in total. The summed E-state index contributed by atoms with van der Waals surface area (Å²) in [4.78, 5) is 51.7. The third-order valence-corrected chi connectivity index (χ3v) is 8.00. The summed E-state index contributed by atoms with van der Waals surface area (Å²) in [7, 11) is 0. The second kappa shape index (κ2) is 9.84. The Morgan fingerprint density at radius 3 is 2.67 bits per heavy atom. The van der Waals surface area contributed by atoms with Crippen LogP contribution in [0.5, 0.6) is 11.6 Å². The van der Waals surface area contributed by atoms with Crippen LogP contribution in [0.2, 0.25) is 0 Å². The average molecular weight is 541 g/mol. The first-order valence-corrected chi connectivity index (χ1v) is 13.2. The molecule has 0 spiro atoms. The molecule has 4 heterocycles. The number of aromatic nitrogens is 2. The van der Waals surface area contributed by atoms with Gasteiger partial charge in [0.1, 0.15) is 15.5 Å². The summed E-state index contributed by atoms with van der Waals surface area (Å²) in [6, 6.07) is 13.8. The van der Waals surface area contributed by atoms with Crippen LogP contribution >= 0.6 is 11.3 Å². The zero-order chi connectivity index (χ0) is 27.1. The van der Waals surface area contributed by atoms with Crippen LogP contribution < -0.4 is 25.6 Å². The monoisotopic (exact) mass is 540 g/mol. The summed E-state index contributed by atoms with van der Waals surface area (Å²) >= 11 is 1.17. The quantitative estimate of drug-likeness (QED) is 0.321. The fourth-order valence-electron chi connectivity index (χ4n) is 5.23. The number of urea groups is 1. The molecular formula is C28H24N6O4S. The lowest BCUT2D eigenvalue weighted by Gasteiger charge is -2.38. The highest BCUT2D eigenvalue weighted by atomic mass is 32.1. The number of nitrogens with two attached hydrogens (primary N) is 1. The molecule has 3 N–H and O–H groups in total. The zero-order valence-corrected chi connectivity index (χ0v) is 21.6. The molecule has 2 aliphatic rings. The Morgan fingerprint density at radius 1 is 1.13 bits per heavy atom. The number of carbonyl (C=O) groups excluding carboxylic acids is 3. The molecule has 1 aliphatic heterocycles. The van der Waals surface area contributed by atoms with Gasteiger partial charge in [-0.05, 0) is 49.6 Å². The highest BCUT2D eigenvalue weighted by Gasteiger charge is 2.43. The summed E-state index contributed by atoms with van der Waals surface area (Å²) < 4.78 is 5.82. The molecule has 1 aromatic carbocycles. The predicted octanol–water partition coefficient (Wildman–Crippen LogP) is 4.88. The van der Waals surface area contributed by atoms with Crippen molar-refractivity contribution in [3.63, 3.8) is 0 Å². The largest absolute Gasteiger partial charge is 0.439 e. The molecule has 1 fully saturated rings. The van der Waals surface area contributed by atoms with Crippen molar-refractivity contribution >= 4 is 56.5 Å². The number of primary amides is 1. The number of anilines is 3. The van der Waals surface area contributed by atoms with Crippen LogP contribution in [0.3, 0.4) is 0 Å². The van der Waals surface area contributed by atoms with Crippen LogP contribution in [0.25, 0.3) is 10.2 Å². The van der Waals surface area contributed by atoms with E-state index in [1.807, 2.05) is 30.3 Å². The Balaban J connectivity index is 1.41. The van der Waals surface area contributed by atoms with Crippen LogP contribution in [0.1, 0.15) is 28.9 Å². The van der Waals surface area contributed by atoms with Crippen molar-refractivity contribution in [2.24, 2.45) is 5.73 Å². The number of para-hydroxylation sites is 1. The van der Waals surface area contributed by atoms with E-state index in [9.17, 15) is 14.4 Å². The molecule has 4 amide bonds. The van der Waals surface area contributed by atoms with Gasteiger partial charge in [-0.25, -0.2) is 14.8 Å². The molecule has 1 saturated carbocycles. The van der Waals surface area contributed by atoms with Gasteiger partial charge in [-0.15, -0.1) is 11.3 Å². The van der Waals surface area contributed by atoms with Crippen molar-refractivity contribution in [2.45, 2.75) is 31.3 Å². The topological polar surface area (TPSA) is 131 Å². The second-order valence-electron chi connectivity index (χ2n) is 9.29. The minimum atomic E-state index is -0.621. The fraction of sp³-hybridized carbons (Fsp3) is 0.179. The third kappa shape index (κ3) is 4.36. The Hall–Kier alpha value is -4.77. The van der Waals surface area contributed by atoms with Crippen LogP contribution in [-0.4, -0.2) is 39.9 Å². The number of rotatable bonds is 7. The van der Waals surface area contributed by atoms with Gasteiger partial charge >= 0.3 is 6.03 Å². The first-order valence-electron chi connectivity index (χ1n) is 12.4. The number of hydrogen-bond donors (Lipinski definition) is 2. The number of hydrogen-bond acceptors (Lipinski definition) is 7. The van der Waals surface area contributed by atoms with Gasteiger partial charge in [-0.3, -0.25) is 19.4 Å². The fourth-order valence-corrected chi connectivity index (χ4v) is 6.24. The summed E-state index contributed by atoms with van der Waals surface area (Å²) in [6.45, 7) is 3.52. The Labute approximate surface area is 227 Å². The molecule has 1 unspecified atom stereocenters. The van der Waals surface area contributed by atoms with Crippen molar-refractivity contribution in [3.05, 3.63) is 78.5 Å². The lowest BCUT2D eigenvalue weighted by Crippen LogP contribution is -2.49. The number of amides is 4. The molecule has 0 radical (unpaired) electrons. The van der Waals surface area contributed by atoms with Crippen molar-refractivity contribution < 1.29 is 19.1 Å². The number of nitrogens with zero attached hydrogens (tertiary/aromatic N) is 4. The molecule has 196 valence electrons. The summed E-state index contributed by atoms with van der Waals surface area (Å²) in [6.07, 6.45) is 6.25. The van der Waals surface area contributed by atoms with Gasteiger partial charge < -0.3 is 15.8 Å². The van der Waals surface area contributed by atoms with E-state index in [-0.39, 0.29) is 28.9 Å². The van der Waals surface area contributed by atoms with Crippen molar-refractivity contribution in [1.82, 2.24) is 15.3 Å². The van der Waals surface area contributed by atoms with E-state index >= 15 is 0 Å². The number of benzene rings is 1. The molecule has 2 atom stereocenters. The number of nitrogens with one attached hydrogen (secondary N) is 1. The Bertz CT molecular complexity index is 1600. The molecule has 11 heteroatoms. The first-order chi connectivity index (χ1) is 18.9. The first kappa shape index (κ1) is 24.6. The van der Waals surface area contributed by atoms with E-state index in [1.165, 1.54) is 17.4 Å². The maximum atomic E-state index is 14.3. The lowest BCUT2D eigenvalue weighted by atomic mass is 10.1. The molecule has 3 aromatic heterocycles. The van der Waals surface area contributed by atoms with E-state index in [1.54, 1.807) is 40.4 Å². The van der Waals surface area contributed by atoms with Gasteiger partial charge in [0.05, 0.1) is 28.6 Å². The van der Waals surface area contributed by atoms with Crippen molar-refractivity contribution in [2.75, 3.05) is 9.80 Å². The maximum absolute atomic E-state index is 14.3. The summed E-state index contributed by atoms with van der Waals surface area (Å²) in [5, 5.41) is 3.60. The predicted molar refractivity (Wildman–Crippen MR) is 149 cm³/mol. The van der Waals surface area contributed by atoms with Crippen LogP contribution in [0.15, 0.2) is 73.6 Å². The summed E-state index contributed by atoms with van der Waals surface area (Å²) in [5.41, 5.74) is 7.37. The Morgan fingerprint density at radius 2 is 1.95 bits per heavy atom. The smallest absolute Gasteiger partial charge is 0.333 e. The Kier molecular flexibility index (Phi) is 6.20. The molecule has 1 aliphatic carbocycles. The van der Waals surface area contributed by atoms with Gasteiger partial charge in [0, 0.05) is 24.3 Å². The van der Waals surface area contributed by atoms with Gasteiger partial charge in [-0.1, -0.05) is 24.8 Å². The van der Waals surface area contributed by atoms with E-state index in [0.29, 0.717) is 58.2 Å². The minimum absolute atomic E-state index is 0.126. The average Bonchev–Trinajstić information content (AvgIpc) is 3.56. The normalized spacial score (nSPS) is 18.3. The second-order valence-corrected chi connectivity index (χ2v) is 10.3. The SMILES string of the molecule is C=CC(=O)NC1CC[C@@H](N2C(=O)N(c3ccc(Oc4ccccc4)nc3)c3ccnc4sc(C(N)=O)c2c34)C1. The van der Waals surface area contributed by atoms with Gasteiger partial charge in [0.2, 0.25) is 11.8 Å². The molecule has 4 aromatic rings. The lowest BCUT2D eigenvalue weighted by molar-refractivity contribution is -0.117. The molecule has 39 heavy (non-hydrogen) atoms. The number of pyridine rings is 2. The highest BCUT2D eigenvalue weighted by Crippen LogP contribution is 2.50. The van der Waals surface area contributed by atoms with Crippen molar-refractivity contribution in [3.8, 4) is 11.6 Å². The molecular weight excluding hydrogens is 516 g/mol. The van der Waals surface area contributed by atoms with Crippen LogP contribution in [0.4, 0.5) is 21.9 Å². The number of thiophene rings is 1. The standard InChI is InChI=1S/C28H24N6O4S/c1-2-21(35)32-16-8-9-17(14-16)34-24-23-20(12-13-30-27(23)39-25(24)26(29)36)33(28(34)37)18-10-11-22(31-15-18)38-19-6-4-3-5-7-19/h2-7,10-13,15-17H,1,8-9,14H2,(H2,29,36)(H,32,35)/t16?,17-/m1/s1. The molecule has 0 saturated heterocycles. The minimum Gasteiger partial charge on any atom is -0.439 e. The van der Waals surface area contributed by atoms with Gasteiger partial charge in [0.15, 0.2) is 0 Å². The zero-order valence-electron chi connectivity index (χ0n) is 20.7. The third-order valence-electron chi connectivity index (χ3n) is 6.89. The summed E-state index contributed by atoms with van der Waals surface area (Å²) in [5.74, 6) is 0.148. The number of ether oxygens (including phenoxy) is 1.